The molecule has 184 valence electrons. The number of aryl methyl sites for hydroxylation is 1. The number of hydrogen-bond acceptors (Lipinski definition) is 4. The van der Waals surface area contributed by atoms with Crippen molar-refractivity contribution in [3.8, 4) is 11.1 Å². The van der Waals surface area contributed by atoms with Gasteiger partial charge in [-0.25, -0.2) is 4.39 Å². The number of nitrogens with zero attached hydrogens (tertiary/aromatic N) is 5. The minimum atomic E-state index is -0.425. The third-order valence-corrected chi connectivity index (χ3v) is 6.47. The van der Waals surface area contributed by atoms with Crippen molar-refractivity contribution < 1.29 is 14.0 Å². The Morgan fingerprint density at radius 2 is 1.94 bits per heavy atom. The summed E-state index contributed by atoms with van der Waals surface area (Å²) in [4.78, 5) is 32.1. The van der Waals surface area contributed by atoms with Crippen molar-refractivity contribution in [2.45, 2.75) is 19.4 Å². The number of nitrogens with one attached hydrogen (secondary N) is 1. The van der Waals surface area contributed by atoms with E-state index in [1.165, 1.54) is 4.90 Å². The van der Waals surface area contributed by atoms with Gasteiger partial charge in [0.25, 0.3) is 5.91 Å². The second-order valence-corrected chi connectivity index (χ2v) is 9.04. The van der Waals surface area contributed by atoms with Crippen LogP contribution in [0.4, 0.5) is 4.39 Å². The van der Waals surface area contributed by atoms with Gasteiger partial charge in [-0.2, -0.15) is 0 Å². The Labute approximate surface area is 208 Å². The van der Waals surface area contributed by atoms with E-state index in [1.807, 2.05) is 42.5 Å². The number of fused-ring (bicyclic) bond motifs is 1. The van der Waals surface area contributed by atoms with E-state index in [-0.39, 0.29) is 17.3 Å². The second-order valence-electron chi connectivity index (χ2n) is 9.04. The maximum absolute atomic E-state index is 16.0. The van der Waals surface area contributed by atoms with Gasteiger partial charge in [0.15, 0.2) is 5.82 Å². The van der Waals surface area contributed by atoms with Crippen LogP contribution in [0.25, 0.3) is 27.6 Å². The van der Waals surface area contributed by atoms with Crippen LogP contribution in [0.1, 0.15) is 28.9 Å². The predicted molar refractivity (Wildman–Crippen MR) is 136 cm³/mol. The maximum atomic E-state index is 16.0. The van der Waals surface area contributed by atoms with E-state index in [0.29, 0.717) is 54.7 Å². The fourth-order valence-corrected chi connectivity index (χ4v) is 4.64. The van der Waals surface area contributed by atoms with Gasteiger partial charge in [0, 0.05) is 56.3 Å². The molecule has 8 nitrogen and oxygen atoms in total. The summed E-state index contributed by atoms with van der Waals surface area (Å²) >= 11 is 0. The molecule has 0 saturated heterocycles. The molecule has 1 aliphatic heterocycles. The third kappa shape index (κ3) is 4.39. The van der Waals surface area contributed by atoms with Crippen molar-refractivity contribution in [3.05, 3.63) is 78.0 Å². The number of aromatic nitrogens is 4. The molecule has 2 amide bonds. The van der Waals surface area contributed by atoms with E-state index in [1.54, 1.807) is 42.1 Å². The lowest BCUT2D eigenvalue weighted by molar-refractivity contribution is -0.131. The maximum Gasteiger partial charge on any atom is 0.270 e. The molecule has 36 heavy (non-hydrogen) atoms. The van der Waals surface area contributed by atoms with Crippen molar-refractivity contribution in [3.63, 3.8) is 0 Å². The van der Waals surface area contributed by atoms with Gasteiger partial charge in [-0.3, -0.25) is 14.3 Å². The second kappa shape index (κ2) is 9.77. The molecule has 0 saturated carbocycles. The monoisotopic (exact) mass is 486 g/mol. The lowest BCUT2D eigenvalue weighted by atomic mass is 9.96. The molecular weight excluding hydrogens is 459 g/mol. The van der Waals surface area contributed by atoms with Crippen molar-refractivity contribution in [1.82, 2.24) is 29.8 Å². The molecule has 1 aliphatic rings. The van der Waals surface area contributed by atoms with Crippen LogP contribution >= 0.6 is 0 Å². The van der Waals surface area contributed by atoms with Crippen LogP contribution in [0.15, 0.2) is 60.9 Å². The van der Waals surface area contributed by atoms with Crippen LogP contribution in [0.2, 0.25) is 0 Å². The zero-order chi connectivity index (χ0) is 25.2. The summed E-state index contributed by atoms with van der Waals surface area (Å²) < 4.78 is 17.6. The van der Waals surface area contributed by atoms with Crippen LogP contribution < -0.4 is 0 Å². The Balaban J connectivity index is 1.47. The summed E-state index contributed by atoms with van der Waals surface area (Å²) in [6, 6.07) is 13.1. The zero-order valence-electron chi connectivity index (χ0n) is 20.2. The number of H-pyrrole nitrogens is 1. The molecule has 0 bridgehead atoms. The number of amides is 2. The topological polar surface area (TPSA) is 87.1 Å². The Morgan fingerprint density at radius 1 is 1.14 bits per heavy atom. The molecule has 3 heterocycles. The Kier molecular flexibility index (Phi) is 6.37. The molecule has 0 fully saturated rings. The quantitative estimate of drug-likeness (QED) is 0.447. The lowest BCUT2D eigenvalue weighted by Gasteiger charge is -2.28. The van der Waals surface area contributed by atoms with Crippen molar-refractivity contribution in [1.29, 1.82) is 0 Å². The molecule has 1 N–H and O–H groups in total. The summed E-state index contributed by atoms with van der Waals surface area (Å²) in [7, 11) is 3.34. The molecule has 2 aromatic heterocycles. The molecule has 9 heteroatoms. The third-order valence-electron chi connectivity index (χ3n) is 6.47. The number of carbonyl (C=O) groups excluding carboxylic acids is 2. The molecule has 4 aromatic rings. The molecule has 0 radical (unpaired) electrons. The molecule has 5 rings (SSSR count). The number of hydrogen-bond donors (Lipinski definition) is 1. The van der Waals surface area contributed by atoms with Crippen LogP contribution in [0.5, 0.6) is 0 Å². The molecular formula is C27H27FN6O2. The largest absolute Gasteiger partial charge is 0.348 e. The minimum absolute atomic E-state index is 0.0114. The van der Waals surface area contributed by atoms with Crippen LogP contribution in [-0.4, -0.2) is 68.8 Å². The standard InChI is InChI=1S/C27H27FN6O2/c1-32(2)27(36)26-23(18-7-4-3-5-8-18)21-11-10-20(24(28)25(21)30-26)19-9-6-14-33(17-19)22(35)12-15-34-16-13-29-31-34/h3-5,7-11,13,16,30H,6,12,14-15,17H2,1-2H3. The zero-order valence-corrected chi connectivity index (χ0v) is 20.2. The van der Waals surface area contributed by atoms with E-state index in [9.17, 15) is 9.59 Å². The summed E-state index contributed by atoms with van der Waals surface area (Å²) in [5.41, 5.74) is 3.33. The Morgan fingerprint density at radius 3 is 2.67 bits per heavy atom. The number of rotatable bonds is 6. The number of benzene rings is 2. The SMILES string of the molecule is CN(C)C(=O)c1[nH]c2c(F)c(C3=CCCN(C(=O)CCn4ccnn4)C3)ccc2c1-c1ccccc1. The van der Waals surface area contributed by atoms with Gasteiger partial charge < -0.3 is 14.8 Å². The summed E-state index contributed by atoms with van der Waals surface area (Å²) in [6.45, 7) is 1.36. The fraction of sp³-hybridized carbons (Fsp3) is 0.259. The Hall–Kier alpha value is -4.27. The van der Waals surface area contributed by atoms with Gasteiger partial charge in [0.2, 0.25) is 5.91 Å². The predicted octanol–water partition coefficient (Wildman–Crippen LogP) is 3.97. The molecule has 0 atom stereocenters. The van der Waals surface area contributed by atoms with Crippen LogP contribution in [0, 0.1) is 5.82 Å². The molecule has 0 spiro atoms. The molecule has 2 aromatic carbocycles. The van der Waals surface area contributed by atoms with E-state index >= 15 is 4.39 Å². The number of aromatic amines is 1. The highest BCUT2D eigenvalue weighted by Crippen LogP contribution is 2.37. The van der Waals surface area contributed by atoms with Gasteiger partial charge in [-0.15, -0.1) is 5.10 Å². The minimum Gasteiger partial charge on any atom is -0.348 e. The summed E-state index contributed by atoms with van der Waals surface area (Å²) in [6.07, 6.45) is 6.22. The van der Waals surface area contributed by atoms with Gasteiger partial charge >= 0.3 is 0 Å². The van der Waals surface area contributed by atoms with Crippen LogP contribution in [0.3, 0.4) is 0 Å². The van der Waals surface area contributed by atoms with Gasteiger partial charge in [0.05, 0.1) is 18.3 Å². The van der Waals surface area contributed by atoms with Gasteiger partial charge in [-0.05, 0) is 17.6 Å². The van der Waals surface area contributed by atoms with Gasteiger partial charge in [-0.1, -0.05) is 53.8 Å². The van der Waals surface area contributed by atoms with E-state index < -0.39 is 5.82 Å². The fourth-order valence-electron chi connectivity index (χ4n) is 4.64. The van der Waals surface area contributed by atoms with Crippen molar-refractivity contribution in [2.75, 3.05) is 27.2 Å². The normalized spacial score (nSPS) is 13.6. The highest BCUT2D eigenvalue weighted by atomic mass is 19.1. The smallest absolute Gasteiger partial charge is 0.270 e. The van der Waals surface area contributed by atoms with Crippen LogP contribution in [-0.2, 0) is 11.3 Å². The first-order valence-electron chi connectivity index (χ1n) is 11.9. The average molecular weight is 487 g/mol. The Bertz CT molecular complexity index is 1440. The number of halogens is 1. The highest BCUT2D eigenvalue weighted by Gasteiger charge is 2.26. The molecule has 0 unspecified atom stereocenters. The number of carbonyl (C=O) groups is 2. The first-order valence-corrected chi connectivity index (χ1v) is 11.9. The van der Waals surface area contributed by atoms with Crippen molar-refractivity contribution >= 4 is 28.3 Å². The molecule has 0 aliphatic carbocycles. The van der Waals surface area contributed by atoms with Gasteiger partial charge in [0.1, 0.15) is 5.69 Å². The van der Waals surface area contributed by atoms with E-state index in [0.717, 1.165) is 11.1 Å². The lowest BCUT2D eigenvalue weighted by Crippen LogP contribution is -2.36. The summed E-state index contributed by atoms with van der Waals surface area (Å²) in [5.74, 6) is -0.666. The highest BCUT2D eigenvalue weighted by molar-refractivity contribution is 6.10. The first-order chi connectivity index (χ1) is 17.4. The van der Waals surface area contributed by atoms with E-state index in [4.69, 9.17) is 0 Å². The summed E-state index contributed by atoms with van der Waals surface area (Å²) in [5, 5.41) is 8.30. The van der Waals surface area contributed by atoms with Crippen molar-refractivity contribution in [2.24, 2.45) is 0 Å². The van der Waals surface area contributed by atoms with E-state index in [2.05, 4.69) is 15.3 Å². The first kappa shape index (κ1) is 23.5. The average Bonchev–Trinajstić information content (AvgIpc) is 3.56.